The lowest BCUT2D eigenvalue weighted by molar-refractivity contribution is -0.861. The summed E-state index contributed by atoms with van der Waals surface area (Å²) in [5.74, 6) is 0. The van der Waals surface area contributed by atoms with Crippen molar-refractivity contribution in [3.63, 3.8) is 0 Å². The number of hydrogen-bond acceptors (Lipinski definition) is 2. The first-order valence-corrected chi connectivity index (χ1v) is 10.1. The van der Waals surface area contributed by atoms with Crippen molar-refractivity contribution in [3.8, 4) is 0 Å². The summed E-state index contributed by atoms with van der Waals surface area (Å²) >= 11 is 0. The molecule has 4 heteroatoms. The first kappa shape index (κ1) is 21.0. The van der Waals surface area contributed by atoms with E-state index < -0.39 is 8.15 Å². The fraction of sp³-hybridized carbons (Fsp3) is 0.941. The molecule has 0 bridgehead atoms. The maximum absolute atomic E-state index is 11.8. The molecule has 0 heterocycles. The number of carbonyl (C=O) groups is 1. The third-order valence-corrected chi connectivity index (χ3v) is 5.08. The van der Waals surface area contributed by atoms with Gasteiger partial charge in [0.25, 0.3) is 0 Å². The molecule has 0 saturated heterocycles. The number of quaternary nitrogens is 1. The Kier molecular flexibility index (Phi) is 12.6. The minimum Gasteiger partial charge on any atom is -0.366 e. The minimum atomic E-state index is -1.40. The molecular weight excluding hydrogens is 281 g/mol. The minimum absolute atomic E-state index is 0.0495. The average molecular weight is 318 g/mol. The van der Waals surface area contributed by atoms with E-state index in [1.54, 1.807) is 0 Å². The Balaban J connectivity index is 3.40. The predicted molar refractivity (Wildman–Crippen MR) is 93.8 cm³/mol. The predicted octanol–water partition coefficient (Wildman–Crippen LogP) is 4.53. The van der Waals surface area contributed by atoms with Crippen LogP contribution in [0.1, 0.15) is 71.1 Å². The van der Waals surface area contributed by atoms with Gasteiger partial charge in [0.2, 0.25) is 5.52 Å². The Hall–Kier alpha value is 0.0200. The van der Waals surface area contributed by atoms with Crippen LogP contribution in [0.2, 0.25) is 0 Å². The van der Waals surface area contributed by atoms with Gasteiger partial charge in [-0.2, -0.15) is 0 Å². The van der Waals surface area contributed by atoms with E-state index in [1.807, 2.05) is 21.1 Å². The Morgan fingerprint density at radius 3 is 1.71 bits per heavy atom. The molecule has 0 radical (unpaired) electrons. The van der Waals surface area contributed by atoms with Gasteiger partial charge in [-0.05, 0) is 12.6 Å². The summed E-state index contributed by atoms with van der Waals surface area (Å²) in [5, 5.41) is 0. The van der Waals surface area contributed by atoms with Gasteiger partial charge in [-0.3, -0.25) is 4.79 Å². The SMILES string of the molecule is CCCCCCCCCCCCP(O)C(=O)C[N+](C)(C)C. The quantitative estimate of drug-likeness (QED) is 0.290. The third-order valence-electron chi connectivity index (χ3n) is 3.62. The largest absolute Gasteiger partial charge is 0.366 e. The number of nitrogens with zero attached hydrogens (tertiary/aromatic N) is 1. The summed E-state index contributed by atoms with van der Waals surface area (Å²) in [4.78, 5) is 21.7. The van der Waals surface area contributed by atoms with Gasteiger partial charge in [0.1, 0.15) is 14.7 Å². The van der Waals surface area contributed by atoms with Gasteiger partial charge in [-0.1, -0.05) is 64.7 Å². The molecule has 3 nitrogen and oxygen atoms in total. The molecule has 0 aromatic carbocycles. The van der Waals surface area contributed by atoms with Gasteiger partial charge in [-0.25, -0.2) is 0 Å². The van der Waals surface area contributed by atoms with E-state index >= 15 is 0 Å². The van der Waals surface area contributed by atoms with Crippen LogP contribution >= 0.6 is 8.15 Å². The first-order valence-electron chi connectivity index (χ1n) is 8.66. The van der Waals surface area contributed by atoms with Gasteiger partial charge in [0.15, 0.2) is 0 Å². The van der Waals surface area contributed by atoms with Crippen molar-refractivity contribution in [2.75, 3.05) is 33.8 Å². The van der Waals surface area contributed by atoms with Crippen LogP contribution in [-0.2, 0) is 4.79 Å². The summed E-state index contributed by atoms with van der Waals surface area (Å²) in [6.45, 7) is 2.70. The first-order chi connectivity index (χ1) is 9.87. The van der Waals surface area contributed by atoms with Crippen molar-refractivity contribution >= 4 is 13.7 Å². The van der Waals surface area contributed by atoms with Gasteiger partial charge in [0, 0.05) is 0 Å². The van der Waals surface area contributed by atoms with Crippen LogP contribution in [-0.4, -0.2) is 48.8 Å². The second-order valence-corrected chi connectivity index (χ2v) is 8.89. The normalized spacial score (nSPS) is 13.4. The summed E-state index contributed by atoms with van der Waals surface area (Å²) in [5.41, 5.74) is 0.0495. The lowest BCUT2D eigenvalue weighted by atomic mass is 10.1. The van der Waals surface area contributed by atoms with Crippen LogP contribution in [0, 0.1) is 0 Å². The van der Waals surface area contributed by atoms with Crippen molar-refractivity contribution in [2.24, 2.45) is 0 Å². The van der Waals surface area contributed by atoms with Crippen molar-refractivity contribution in [1.82, 2.24) is 0 Å². The number of rotatable bonds is 14. The second-order valence-electron chi connectivity index (χ2n) is 7.15. The zero-order valence-electron chi connectivity index (χ0n) is 14.7. The molecule has 1 unspecified atom stereocenters. The number of hydrogen-bond donors (Lipinski definition) is 1. The highest BCUT2D eigenvalue weighted by Crippen LogP contribution is 2.33. The zero-order valence-corrected chi connectivity index (χ0v) is 15.6. The Bertz CT molecular complexity index is 264. The fourth-order valence-corrected chi connectivity index (χ4v) is 3.72. The molecule has 0 aliphatic heterocycles. The monoisotopic (exact) mass is 318 g/mol. The summed E-state index contributed by atoms with van der Waals surface area (Å²) in [7, 11) is 4.57. The molecule has 21 heavy (non-hydrogen) atoms. The van der Waals surface area contributed by atoms with E-state index in [0.29, 0.717) is 17.2 Å². The molecular formula is C17H37NO2P+. The molecule has 0 aliphatic carbocycles. The van der Waals surface area contributed by atoms with Crippen molar-refractivity contribution < 1.29 is 14.2 Å². The zero-order chi connectivity index (χ0) is 16.1. The van der Waals surface area contributed by atoms with E-state index in [-0.39, 0.29) is 5.52 Å². The van der Waals surface area contributed by atoms with Gasteiger partial charge < -0.3 is 9.38 Å². The van der Waals surface area contributed by atoms with E-state index in [1.165, 1.54) is 51.4 Å². The fourth-order valence-electron chi connectivity index (χ4n) is 2.36. The summed E-state index contributed by atoms with van der Waals surface area (Å²) < 4.78 is 0.607. The molecule has 0 aliphatic rings. The van der Waals surface area contributed by atoms with E-state index in [9.17, 15) is 9.69 Å². The van der Waals surface area contributed by atoms with E-state index in [0.717, 1.165) is 12.8 Å². The van der Waals surface area contributed by atoms with Crippen molar-refractivity contribution in [2.45, 2.75) is 71.1 Å². The molecule has 0 saturated carbocycles. The Morgan fingerprint density at radius 1 is 0.857 bits per heavy atom. The van der Waals surface area contributed by atoms with E-state index in [2.05, 4.69) is 6.92 Å². The molecule has 0 fully saturated rings. The van der Waals surface area contributed by atoms with Crippen molar-refractivity contribution in [3.05, 3.63) is 0 Å². The van der Waals surface area contributed by atoms with Crippen LogP contribution in [0.5, 0.6) is 0 Å². The molecule has 0 aromatic rings. The molecule has 1 N–H and O–H groups in total. The molecule has 0 amide bonds. The Labute approximate surface area is 133 Å². The number of unbranched alkanes of at least 4 members (excludes halogenated alkanes) is 9. The van der Waals surface area contributed by atoms with Crippen LogP contribution in [0.3, 0.4) is 0 Å². The highest BCUT2D eigenvalue weighted by atomic mass is 31.1. The van der Waals surface area contributed by atoms with Crippen LogP contribution < -0.4 is 0 Å². The van der Waals surface area contributed by atoms with Gasteiger partial charge in [0.05, 0.1) is 21.1 Å². The number of likely N-dealkylation sites (N-methyl/N-ethyl adjacent to an activating group) is 1. The summed E-state index contributed by atoms with van der Waals surface area (Å²) in [6.07, 6.45) is 13.6. The van der Waals surface area contributed by atoms with E-state index in [4.69, 9.17) is 0 Å². The Morgan fingerprint density at radius 2 is 1.29 bits per heavy atom. The van der Waals surface area contributed by atoms with Crippen molar-refractivity contribution in [1.29, 1.82) is 0 Å². The lowest BCUT2D eigenvalue weighted by Gasteiger charge is -2.23. The van der Waals surface area contributed by atoms with Crippen LogP contribution in [0.4, 0.5) is 0 Å². The molecule has 0 spiro atoms. The number of carbonyl (C=O) groups excluding carboxylic acids is 1. The van der Waals surface area contributed by atoms with Crippen LogP contribution in [0.25, 0.3) is 0 Å². The van der Waals surface area contributed by atoms with Gasteiger partial charge in [-0.15, -0.1) is 0 Å². The second kappa shape index (κ2) is 12.6. The highest BCUT2D eigenvalue weighted by Gasteiger charge is 2.21. The maximum atomic E-state index is 11.8. The molecule has 0 aromatic heterocycles. The molecule has 126 valence electrons. The lowest BCUT2D eigenvalue weighted by Crippen LogP contribution is -2.39. The molecule has 0 rings (SSSR count). The maximum Gasteiger partial charge on any atom is 0.234 e. The smallest absolute Gasteiger partial charge is 0.234 e. The van der Waals surface area contributed by atoms with Crippen LogP contribution in [0.15, 0.2) is 0 Å². The topological polar surface area (TPSA) is 37.3 Å². The summed E-state index contributed by atoms with van der Waals surface area (Å²) in [6, 6.07) is 0. The molecule has 1 atom stereocenters. The third kappa shape index (κ3) is 14.7. The standard InChI is InChI=1S/C17H37NO2P/c1-5-6-7-8-9-10-11-12-13-14-15-21(20)17(19)16-18(2,3)4/h20H,5-16H2,1-4H3/q+1. The van der Waals surface area contributed by atoms with Gasteiger partial charge >= 0.3 is 0 Å². The average Bonchev–Trinajstić information content (AvgIpc) is 2.38. The highest BCUT2D eigenvalue weighted by molar-refractivity contribution is 7.69.